The van der Waals surface area contributed by atoms with Crippen LogP contribution < -0.4 is 10.6 Å². The van der Waals surface area contributed by atoms with Crippen LogP contribution in [0.1, 0.15) is 23.2 Å². The molecular weight excluding hydrogens is 346 g/mol. The van der Waals surface area contributed by atoms with Crippen LogP contribution in [-0.4, -0.2) is 58.5 Å². The van der Waals surface area contributed by atoms with Crippen molar-refractivity contribution < 1.29 is 4.79 Å². The molecule has 138 valence electrons. The number of hydrogen-bond donors (Lipinski definition) is 2. The summed E-state index contributed by atoms with van der Waals surface area (Å²) in [6.07, 6.45) is 7.27. The first-order valence-corrected chi connectivity index (χ1v) is 10.3. The average Bonchev–Trinajstić information content (AvgIpc) is 2.69. The van der Waals surface area contributed by atoms with E-state index in [-0.39, 0.29) is 11.9 Å². The van der Waals surface area contributed by atoms with Gasteiger partial charge >= 0.3 is 0 Å². The summed E-state index contributed by atoms with van der Waals surface area (Å²) >= 11 is 1.88. The van der Waals surface area contributed by atoms with E-state index in [1.165, 1.54) is 0 Å². The molecule has 0 bridgehead atoms. The van der Waals surface area contributed by atoms with Gasteiger partial charge in [0, 0.05) is 49.5 Å². The van der Waals surface area contributed by atoms with Crippen molar-refractivity contribution in [3.05, 3.63) is 48.3 Å². The number of para-hydroxylation sites is 1. The Morgan fingerprint density at radius 3 is 2.54 bits per heavy atom. The normalized spacial score (nSPS) is 15.6. The van der Waals surface area contributed by atoms with Gasteiger partial charge in [-0.05, 0) is 31.2 Å². The molecule has 1 aromatic carbocycles. The van der Waals surface area contributed by atoms with E-state index in [9.17, 15) is 4.79 Å². The van der Waals surface area contributed by atoms with Gasteiger partial charge in [-0.25, -0.2) is 9.97 Å². The van der Waals surface area contributed by atoms with Gasteiger partial charge in [0.25, 0.3) is 5.91 Å². The number of rotatable bonds is 7. The Morgan fingerprint density at radius 2 is 1.88 bits per heavy atom. The van der Waals surface area contributed by atoms with Crippen molar-refractivity contribution in [2.45, 2.75) is 18.9 Å². The first-order chi connectivity index (χ1) is 12.7. The molecule has 0 unspecified atom stereocenters. The molecule has 3 rings (SSSR count). The van der Waals surface area contributed by atoms with Crippen LogP contribution in [0.5, 0.6) is 0 Å². The standard InChI is InChI=1S/C19H25N5OS/c1-26-12-11-24-9-7-17(8-10-24)22-18(25)15-13-20-19(21-14-15)23-16-5-3-2-4-6-16/h2-6,13-14,17H,7-12H2,1H3,(H,22,25)(H,20,21,23). The van der Waals surface area contributed by atoms with Crippen molar-refractivity contribution in [3.8, 4) is 0 Å². The van der Waals surface area contributed by atoms with Gasteiger partial charge in [-0.3, -0.25) is 4.79 Å². The van der Waals surface area contributed by atoms with Crippen LogP contribution in [0.4, 0.5) is 11.6 Å². The van der Waals surface area contributed by atoms with Crippen LogP contribution in [0.25, 0.3) is 0 Å². The lowest BCUT2D eigenvalue weighted by Crippen LogP contribution is -2.45. The van der Waals surface area contributed by atoms with Crippen molar-refractivity contribution >= 4 is 29.3 Å². The molecule has 1 fully saturated rings. The van der Waals surface area contributed by atoms with Gasteiger partial charge in [-0.15, -0.1) is 0 Å². The fourth-order valence-corrected chi connectivity index (χ4v) is 3.39. The third-order valence-electron chi connectivity index (χ3n) is 4.48. The predicted octanol–water partition coefficient (Wildman–Crippen LogP) is 2.78. The summed E-state index contributed by atoms with van der Waals surface area (Å²) in [5.41, 5.74) is 1.41. The highest BCUT2D eigenvalue weighted by atomic mass is 32.2. The number of thioether (sulfide) groups is 1. The SMILES string of the molecule is CSCCN1CCC(NC(=O)c2cnc(Nc3ccccc3)nc2)CC1. The van der Waals surface area contributed by atoms with Crippen LogP contribution in [0.3, 0.4) is 0 Å². The number of piperidine rings is 1. The van der Waals surface area contributed by atoms with Crippen molar-refractivity contribution in [1.82, 2.24) is 20.2 Å². The van der Waals surface area contributed by atoms with Gasteiger partial charge in [-0.2, -0.15) is 11.8 Å². The largest absolute Gasteiger partial charge is 0.349 e. The Morgan fingerprint density at radius 1 is 1.19 bits per heavy atom. The fourth-order valence-electron chi connectivity index (χ4n) is 2.95. The van der Waals surface area contributed by atoms with E-state index in [1.54, 1.807) is 12.4 Å². The number of nitrogens with zero attached hydrogens (tertiary/aromatic N) is 3. The minimum atomic E-state index is -0.0983. The molecule has 2 N–H and O–H groups in total. The molecule has 0 atom stereocenters. The van der Waals surface area contributed by atoms with E-state index in [1.807, 2.05) is 42.1 Å². The molecule has 2 heterocycles. The molecule has 1 amide bonds. The van der Waals surface area contributed by atoms with Crippen molar-refractivity contribution in [2.75, 3.05) is 37.0 Å². The lowest BCUT2D eigenvalue weighted by molar-refractivity contribution is 0.0912. The van der Waals surface area contributed by atoms with E-state index in [2.05, 4.69) is 31.8 Å². The van der Waals surface area contributed by atoms with Crippen molar-refractivity contribution in [3.63, 3.8) is 0 Å². The molecule has 1 aliphatic heterocycles. The Balaban J connectivity index is 1.48. The lowest BCUT2D eigenvalue weighted by Gasteiger charge is -2.32. The van der Waals surface area contributed by atoms with Crippen LogP contribution in [0, 0.1) is 0 Å². The summed E-state index contributed by atoms with van der Waals surface area (Å²) < 4.78 is 0. The lowest BCUT2D eigenvalue weighted by atomic mass is 10.0. The van der Waals surface area contributed by atoms with Crippen LogP contribution >= 0.6 is 11.8 Å². The summed E-state index contributed by atoms with van der Waals surface area (Å²) in [7, 11) is 0. The van der Waals surface area contributed by atoms with E-state index in [0.717, 1.165) is 43.9 Å². The Labute approximate surface area is 158 Å². The number of carbonyl (C=O) groups excluding carboxylic acids is 1. The van der Waals surface area contributed by atoms with Gasteiger partial charge in [-0.1, -0.05) is 18.2 Å². The summed E-state index contributed by atoms with van der Waals surface area (Å²) in [6, 6.07) is 9.94. The molecule has 0 spiro atoms. The zero-order chi connectivity index (χ0) is 18.2. The molecule has 1 aliphatic rings. The smallest absolute Gasteiger partial charge is 0.254 e. The number of likely N-dealkylation sites (tertiary alicyclic amines) is 1. The third-order valence-corrected chi connectivity index (χ3v) is 5.07. The Bertz CT molecular complexity index is 687. The van der Waals surface area contributed by atoms with Gasteiger partial charge in [0.1, 0.15) is 0 Å². The maximum absolute atomic E-state index is 12.4. The molecule has 2 aromatic rings. The number of carbonyl (C=O) groups is 1. The second-order valence-electron chi connectivity index (χ2n) is 6.37. The highest BCUT2D eigenvalue weighted by Gasteiger charge is 2.21. The molecule has 6 nitrogen and oxygen atoms in total. The third kappa shape index (κ3) is 5.44. The molecule has 0 aliphatic carbocycles. The first kappa shape index (κ1) is 18.7. The number of amides is 1. The van der Waals surface area contributed by atoms with Crippen molar-refractivity contribution in [1.29, 1.82) is 0 Å². The van der Waals surface area contributed by atoms with Crippen molar-refractivity contribution in [2.24, 2.45) is 0 Å². The van der Waals surface area contributed by atoms with Crippen LogP contribution in [0.15, 0.2) is 42.7 Å². The first-order valence-electron chi connectivity index (χ1n) is 8.91. The number of hydrogen-bond acceptors (Lipinski definition) is 6. The second kappa shape index (κ2) is 9.54. The topological polar surface area (TPSA) is 70.2 Å². The second-order valence-corrected chi connectivity index (χ2v) is 7.35. The number of benzene rings is 1. The minimum Gasteiger partial charge on any atom is -0.349 e. The van der Waals surface area contributed by atoms with Gasteiger partial charge in [0.05, 0.1) is 5.56 Å². The molecule has 1 aromatic heterocycles. The number of anilines is 2. The average molecular weight is 372 g/mol. The summed E-state index contributed by atoms with van der Waals surface area (Å²) in [6.45, 7) is 3.22. The fraction of sp³-hybridized carbons (Fsp3) is 0.421. The van der Waals surface area contributed by atoms with E-state index >= 15 is 0 Å². The molecule has 1 saturated heterocycles. The number of nitrogens with one attached hydrogen (secondary N) is 2. The quantitative estimate of drug-likeness (QED) is 0.780. The van der Waals surface area contributed by atoms with Crippen LogP contribution in [-0.2, 0) is 0 Å². The summed E-state index contributed by atoms with van der Waals surface area (Å²) in [5.74, 6) is 1.55. The van der Waals surface area contributed by atoms with E-state index in [4.69, 9.17) is 0 Å². The molecule has 0 saturated carbocycles. The Kier molecular flexibility index (Phi) is 6.85. The van der Waals surface area contributed by atoms with E-state index in [0.29, 0.717) is 11.5 Å². The molecule has 26 heavy (non-hydrogen) atoms. The summed E-state index contributed by atoms with van der Waals surface area (Å²) in [5, 5.41) is 6.22. The predicted molar refractivity (Wildman–Crippen MR) is 107 cm³/mol. The van der Waals surface area contributed by atoms with Gasteiger partial charge in [0.2, 0.25) is 5.95 Å². The maximum atomic E-state index is 12.4. The minimum absolute atomic E-state index is 0.0983. The maximum Gasteiger partial charge on any atom is 0.254 e. The zero-order valence-corrected chi connectivity index (χ0v) is 15.8. The van der Waals surface area contributed by atoms with Crippen LogP contribution in [0.2, 0.25) is 0 Å². The zero-order valence-electron chi connectivity index (χ0n) is 15.0. The number of aromatic nitrogens is 2. The van der Waals surface area contributed by atoms with E-state index < -0.39 is 0 Å². The summed E-state index contributed by atoms with van der Waals surface area (Å²) in [4.78, 5) is 23.4. The Hall–Kier alpha value is -2.12. The van der Waals surface area contributed by atoms with Gasteiger partial charge < -0.3 is 15.5 Å². The molecule has 7 heteroatoms. The highest BCUT2D eigenvalue weighted by molar-refractivity contribution is 7.98. The molecular formula is C19H25N5OS. The highest BCUT2D eigenvalue weighted by Crippen LogP contribution is 2.13. The van der Waals surface area contributed by atoms with Gasteiger partial charge in [0.15, 0.2) is 0 Å². The molecule has 0 radical (unpaired) electrons. The monoisotopic (exact) mass is 371 g/mol.